The van der Waals surface area contributed by atoms with E-state index in [1.165, 1.54) is 4.90 Å². The van der Waals surface area contributed by atoms with Gasteiger partial charge in [0, 0.05) is 30.4 Å². The van der Waals surface area contributed by atoms with Crippen LogP contribution in [-0.4, -0.2) is 35.7 Å². The van der Waals surface area contributed by atoms with Crippen LogP contribution in [0.25, 0.3) is 0 Å². The molecule has 1 saturated carbocycles. The predicted molar refractivity (Wildman–Crippen MR) is 84.4 cm³/mol. The first-order valence-corrected chi connectivity index (χ1v) is 7.56. The van der Waals surface area contributed by atoms with Gasteiger partial charge in [-0.15, -0.1) is 0 Å². The maximum Gasteiger partial charge on any atom is 0.313 e. The Bertz CT molecular complexity index is 578. The summed E-state index contributed by atoms with van der Waals surface area (Å²) in [5.41, 5.74) is 1.10. The average Bonchev–Trinajstić information content (AvgIpc) is 3.33. The Hall–Kier alpha value is -2.37. The van der Waals surface area contributed by atoms with Crippen molar-refractivity contribution in [1.82, 2.24) is 4.90 Å². The van der Waals surface area contributed by atoms with E-state index in [0.29, 0.717) is 24.5 Å². The van der Waals surface area contributed by atoms with Crippen molar-refractivity contribution >= 4 is 29.1 Å². The van der Waals surface area contributed by atoms with Gasteiger partial charge in [0.25, 0.3) is 0 Å². The van der Waals surface area contributed by atoms with Crippen molar-refractivity contribution < 1.29 is 14.4 Å². The molecule has 6 nitrogen and oxygen atoms in total. The fourth-order valence-electron chi connectivity index (χ4n) is 2.10. The lowest BCUT2D eigenvalue weighted by molar-refractivity contribution is -0.142. The van der Waals surface area contributed by atoms with E-state index in [-0.39, 0.29) is 11.8 Å². The first kappa shape index (κ1) is 16.0. The monoisotopic (exact) mass is 303 g/mol. The summed E-state index contributed by atoms with van der Waals surface area (Å²) in [7, 11) is 0. The Morgan fingerprint density at radius 3 is 2.23 bits per heavy atom. The van der Waals surface area contributed by atoms with Crippen LogP contribution in [0.4, 0.5) is 11.4 Å². The Morgan fingerprint density at radius 2 is 1.68 bits per heavy atom. The molecule has 118 valence electrons. The highest BCUT2D eigenvalue weighted by Crippen LogP contribution is 2.30. The van der Waals surface area contributed by atoms with Crippen LogP contribution in [0.3, 0.4) is 0 Å². The minimum atomic E-state index is -0.672. The number of anilines is 2. The third kappa shape index (κ3) is 4.07. The minimum absolute atomic E-state index is 0.00249. The van der Waals surface area contributed by atoms with Gasteiger partial charge in [-0.25, -0.2) is 0 Å². The Morgan fingerprint density at radius 1 is 1.09 bits per heavy atom. The summed E-state index contributed by atoms with van der Waals surface area (Å²) in [4.78, 5) is 37.0. The second-order valence-electron chi connectivity index (χ2n) is 5.28. The van der Waals surface area contributed by atoms with Crippen LogP contribution in [0.5, 0.6) is 0 Å². The van der Waals surface area contributed by atoms with Crippen molar-refractivity contribution in [3.05, 3.63) is 24.3 Å². The molecule has 0 aliphatic heterocycles. The normalized spacial score (nSPS) is 13.4. The molecule has 0 atom stereocenters. The lowest BCUT2D eigenvalue weighted by Crippen LogP contribution is -2.39. The molecular formula is C16H21N3O3. The van der Waals surface area contributed by atoms with E-state index in [0.717, 1.165) is 12.8 Å². The van der Waals surface area contributed by atoms with Crippen molar-refractivity contribution in [2.45, 2.75) is 26.7 Å². The van der Waals surface area contributed by atoms with Crippen LogP contribution >= 0.6 is 0 Å². The van der Waals surface area contributed by atoms with Gasteiger partial charge in [0.1, 0.15) is 0 Å². The fraction of sp³-hybridized carbons (Fsp3) is 0.438. The number of amides is 3. The second kappa shape index (κ2) is 7.06. The Kier molecular flexibility index (Phi) is 5.14. The van der Waals surface area contributed by atoms with Gasteiger partial charge in [-0.1, -0.05) is 6.07 Å². The van der Waals surface area contributed by atoms with Crippen LogP contribution in [0.2, 0.25) is 0 Å². The maximum absolute atomic E-state index is 11.9. The van der Waals surface area contributed by atoms with Gasteiger partial charge in [-0.05, 0) is 44.9 Å². The van der Waals surface area contributed by atoms with Crippen LogP contribution < -0.4 is 10.6 Å². The minimum Gasteiger partial charge on any atom is -0.335 e. The van der Waals surface area contributed by atoms with E-state index in [9.17, 15) is 14.4 Å². The summed E-state index contributed by atoms with van der Waals surface area (Å²) in [6, 6.07) is 6.80. The summed E-state index contributed by atoms with van der Waals surface area (Å²) >= 11 is 0. The molecule has 1 aliphatic rings. The summed E-state index contributed by atoms with van der Waals surface area (Å²) in [6.07, 6.45) is 1.86. The van der Waals surface area contributed by atoms with Gasteiger partial charge in [-0.2, -0.15) is 0 Å². The van der Waals surface area contributed by atoms with Crippen molar-refractivity contribution in [3.8, 4) is 0 Å². The van der Waals surface area contributed by atoms with E-state index in [1.54, 1.807) is 24.3 Å². The van der Waals surface area contributed by atoms with E-state index >= 15 is 0 Å². The van der Waals surface area contributed by atoms with Gasteiger partial charge in [0.05, 0.1) is 0 Å². The smallest absolute Gasteiger partial charge is 0.313 e. The highest BCUT2D eigenvalue weighted by molar-refractivity contribution is 6.39. The Balaban J connectivity index is 1.98. The molecule has 0 unspecified atom stereocenters. The lowest BCUT2D eigenvalue weighted by atomic mass is 10.2. The number of likely N-dealkylation sites (N-methyl/N-ethyl adjacent to an activating group) is 1. The largest absolute Gasteiger partial charge is 0.335 e. The van der Waals surface area contributed by atoms with Crippen LogP contribution in [0, 0.1) is 5.92 Å². The average molecular weight is 303 g/mol. The standard InChI is InChI=1S/C16H21N3O3/c1-3-19(4-2)16(22)15(21)18-13-7-5-6-12(10-13)17-14(20)11-8-9-11/h5-7,10-11H,3-4,8-9H2,1-2H3,(H,17,20)(H,18,21). The molecule has 0 saturated heterocycles. The molecule has 3 amide bonds. The van der Waals surface area contributed by atoms with Gasteiger partial charge in [0.2, 0.25) is 5.91 Å². The van der Waals surface area contributed by atoms with Crippen LogP contribution in [0.1, 0.15) is 26.7 Å². The molecule has 0 aromatic heterocycles. The van der Waals surface area contributed by atoms with Crippen molar-refractivity contribution in [3.63, 3.8) is 0 Å². The zero-order valence-corrected chi connectivity index (χ0v) is 12.9. The van der Waals surface area contributed by atoms with Crippen molar-refractivity contribution in [1.29, 1.82) is 0 Å². The third-order valence-corrected chi connectivity index (χ3v) is 3.58. The summed E-state index contributed by atoms with van der Waals surface area (Å²) in [6.45, 7) is 4.62. The van der Waals surface area contributed by atoms with E-state index in [2.05, 4.69) is 10.6 Å². The molecule has 0 heterocycles. The summed E-state index contributed by atoms with van der Waals surface area (Å²) < 4.78 is 0. The zero-order valence-electron chi connectivity index (χ0n) is 12.9. The van der Waals surface area contributed by atoms with Gasteiger partial charge < -0.3 is 15.5 Å². The Labute approximate surface area is 129 Å². The highest BCUT2D eigenvalue weighted by Gasteiger charge is 2.29. The van der Waals surface area contributed by atoms with E-state index in [1.807, 2.05) is 13.8 Å². The molecule has 0 bridgehead atoms. The number of rotatable bonds is 5. The maximum atomic E-state index is 11.9. The van der Waals surface area contributed by atoms with E-state index < -0.39 is 11.8 Å². The third-order valence-electron chi connectivity index (χ3n) is 3.58. The number of nitrogens with one attached hydrogen (secondary N) is 2. The molecular weight excluding hydrogens is 282 g/mol. The first-order chi connectivity index (χ1) is 10.5. The molecule has 2 rings (SSSR count). The van der Waals surface area contributed by atoms with Gasteiger partial charge in [0.15, 0.2) is 0 Å². The number of benzene rings is 1. The van der Waals surface area contributed by atoms with Crippen molar-refractivity contribution in [2.24, 2.45) is 5.92 Å². The SMILES string of the molecule is CCN(CC)C(=O)C(=O)Nc1cccc(NC(=O)C2CC2)c1. The van der Waals surface area contributed by atoms with Gasteiger partial charge >= 0.3 is 11.8 Å². The van der Waals surface area contributed by atoms with E-state index in [4.69, 9.17) is 0 Å². The quantitative estimate of drug-likeness (QED) is 0.815. The highest BCUT2D eigenvalue weighted by atomic mass is 16.2. The molecule has 1 aromatic rings. The number of hydrogen-bond acceptors (Lipinski definition) is 3. The predicted octanol–water partition coefficient (Wildman–Crippen LogP) is 1.84. The van der Waals surface area contributed by atoms with Gasteiger partial charge in [-0.3, -0.25) is 14.4 Å². The molecule has 6 heteroatoms. The van der Waals surface area contributed by atoms with Crippen LogP contribution in [0.15, 0.2) is 24.3 Å². The molecule has 1 aliphatic carbocycles. The lowest BCUT2D eigenvalue weighted by Gasteiger charge is -2.17. The summed E-state index contributed by atoms with van der Waals surface area (Å²) in [5.74, 6) is -1.11. The molecule has 0 radical (unpaired) electrons. The zero-order chi connectivity index (χ0) is 16.1. The number of carbonyl (C=O) groups excluding carboxylic acids is 3. The molecule has 0 spiro atoms. The fourth-order valence-corrected chi connectivity index (χ4v) is 2.10. The molecule has 1 aromatic carbocycles. The molecule has 1 fully saturated rings. The topological polar surface area (TPSA) is 78.5 Å². The first-order valence-electron chi connectivity index (χ1n) is 7.56. The second-order valence-corrected chi connectivity index (χ2v) is 5.28. The molecule has 2 N–H and O–H groups in total. The number of hydrogen-bond donors (Lipinski definition) is 2. The number of nitrogens with zero attached hydrogens (tertiary/aromatic N) is 1. The van der Waals surface area contributed by atoms with Crippen LogP contribution in [-0.2, 0) is 14.4 Å². The summed E-state index contributed by atoms with van der Waals surface area (Å²) in [5, 5.41) is 5.37. The van der Waals surface area contributed by atoms with Crippen molar-refractivity contribution in [2.75, 3.05) is 23.7 Å². The molecule has 22 heavy (non-hydrogen) atoms. The number of carbonyl (C=O) groups is 3.